The van der Waals surface area contributed by atoms with Gasteiger partial charge in [0.2, 0.25) is 0 Å². The van der Waals surface area contributed by atoms with E-state index in [0.29, 0.717) is 5.88 Å². The van der Waals surface area contributed by atoms with Gasteiger partial charge in [-0.05, 0) is 6.07 Å². The Kier molecular flexibility index (Phi) is 1.76. The molecule has 0 atom stereocenters. The first-order valence-corrected chi connectivity index (χ1v) is 2.58. The molecule has 0 aromatic carbocycles. The van der Waals surface area contributed by atoms with Crippen LogP contribution in [0.4, 0.5) is 5.88 Å². The molecule has 46 valence electrons. The van der Waals surface area contributed by atoms with Crippen LogP contribution in [0.5, 0.6) is 0 Å². The average molecular weight is 122 g/mol. The first-order chi connectivity index (χ1) is 4.43. The van der Waals surface area contributed by atoms with E-state index in [0.717, 1.165) is 0 Å². The number of hydrogen-bond acceptors (Lipinski definition) is 3. The van der Waals surface area contributed by atoms with Gasteiger partial charge < -0.3 is 9.73 Å². The molecule has 0 spiro atoms. The molecular weight excluding hydrogens is 116 g/mol. The molecule has 0 saturated heterocycles. The molecule has 0 bridgehead atoms. The lowest BCUT2D eigenvalue weighted by atomic mass is 10.6. The van der Waals surface area contributed by atoms with Crippen LogP contribution in [-0.2, 0) is 0 Å². The molecule has 0 aliphatic heterocycles. The summed E-state index contributed by atoms with van der Waals surface area (Å²) in [4.78, 5) is 0. The van der Waals surface area contributed by atoms with Crippen molar-refractivity contribution >= 4 is 5.88 Å². The molecule has 0 fully saturated rings. The lowest BCUT2D eigenvalue weighted by Gasteiger charge is -1.90. The summed E-state index contributed by atoms with van der Waals surface area (Å²) in [5.41, 5.74) is 0. The van der Waals surface area contributed by atoms with Gasteiger partial charge in [-0.15, -0.1) is 0 Å². The lowest BCUT2D eigenvalue weighted by molar-refractivity contribution is 0.581. The maximum atomic E-state index is 8.11. The maximum Gasteiger partial charge on any atom is 0.193 e. The van der Waals surface area contributed by atoms with Gasteiger partial charge in [-0.1, -0.05) is 0 Å². The Hall–Kier alpha value is -1.43. The topological polar surface area (TPSA) is 49.0 Å². The Morgan fingerprint density at radius 1 is 1.78 bits per heavy atom. The van der Waals surface area contributed by atoms with Crippen molar-refractivity contribution in [3.63, 3.8) is 0 Å². The Balaban J connectivity index is 2.41. The van der Waals surface area contributed by atoms with Crippen molar-refractivity contribution in [3.8, 4) is 6.07 Å². The molecule has 1 N–H and O–H groups in total. The smallest absolute Gasteiger partial charge is 0.193 e. The van der Waals surface area contributed by atoms with Crippen LogP contribution in [0.1, 0.15) is 0 Å². The minimum Gasteiger partial charge on any atom is -0.449 e. The summed E-state index contributed by atoms with van der Waals surface area (Å²) >= 11 is 0. The third kappa shape index (κ3) is 1.50. The first kappa shape index (κ1) is 5.70. The predicted octanol–water partition coefficient (Wildman–Crippen LogP) is 1.22. The first-order valence-electron chi connectivity index (χ1n) is 2.58. The normalized spacial score (nSPS) is 8.33. The highest BCUT2D eigenvalue weighted by Gasteiger charge is 1.88. The molecule has 9 heavy (non-hydrogen) atoms. The molecule has 0 amide bonds. The standard InChI is InChI=1S/C6H6N2O/c7-3-4-8-6-2-1-5-9-6/h1-2,5,8H,4H2. The van der Waals surface area contributed by atoms with E-state index in [-0.39, 0.29) is 6.54 Å². The number of anilines is 1. The molecule has 0 aliphatic rings. The number of nitrogens with one attached hydrogen (secondary N) is 1. The fourth-order valence-corrected chi connectivity index (χ4v) is 0.506. The summed E-state index contributed by atoms with van der Waals surface area (Å²) in [5.74, 6) is 0.636. The summed E-state index contributed by atoms with van der Waals surface area (Å²) in [6, 6.07) is 5.46. The van der Waals surface area contributed by atoms with Crippen LogP contribution in [0.3, 0.4) is 0 Å². The van der Waals surface area contributed by atoms with Gasteiger partial charge in [0.05, 0.1) is 12.3 Å². The summed E-state index contributed by atoms with van der Waals surface area (Å²) in [6.07, 6.45) is 1.56. The van der Waals surface area contributed by atoms with Crippen molar-refractivity contribution < 1.29 is 4.42 Å². The third-order valence-corrected chi connectivity index (χ3v) is 0.863. The summed E-state index contributed by atoms with van der Waals surface area (Å²) in [7, 11) is 0. The van der Waals surface area contributed by atoms with Crippen LogP contribution in [-0.4, -0.2) is 6.54 Å². The minimum atomic E-state index is 0.285. The van der Waals surface area contributed by atoms with E-state index in [1.54, 1.807) is 18.4 Å². The zero-order valence-electron chi connectivity index (χ0n) is 4.79. The second-order valence-corrected chi connectivity index (χ2v) is 1.49. The zero-order valence-corrected chi connectivity index (χ0v) is 4.79. The molecule has 0 saturated carbocycles. The summed E-state index contributed by atoms with van der Waals surface area (Å²) < 4.78 is 4.87. The highest BCUT2D eigenvalue weighted by molar-refractivity contribution is 5.30. The largest absolute Gasteiger partial charge is 0.449 e. The Morgan fingerprint density at radius 3 is 3.22 bits per heavy atom. The van der Waals surface area contributed by atoms with Crippen molar-refractivity contribution in [1.29, 1.82) is 5.26 Å². The molecule has 3 nitrogen and oxygen atoms in total. The highest BCUT2D eigenvalue weighted by Crippen LogP contribution is 2.04. The van der Waals surface area contributed by atoms with Crippen molar-refractivity contribution in [3.05, 3.63) is 18.4 Å². The van der Waals surface area contributed by atoms with Gasteiger partial charge in [-0.25, -0.2) is 0 Å². The molecule has 1 rings (SSSR count). The Morgan fingerprint density at radius 2 is 2.67 bits per heavy atom. The molecule has 0 aliphatic carbocycles. The molecule has 3 heteroatoms. The predicted molar refractivity (Wildman–Crippen MR) is 32.8 cm³/mol. The fourth-order valence-electron chi connectivity index (χ4n) is 0.506. The van der Waals surface area contributed by atoms with E-state index in [1.807, 2.05) is 6.07 Å². The van der Waals surface area contributed by atoms with E-state index in [9.17, 15) is 0 Å². The van der Waals surface area contributed by atoms with Crippen molar-refractivity contribution in [2.75, 3.05) is 11.9 Å². The van der Waals surface area contributed by atoms with E-state index < -0.39 is 0 Å². The fraction of sp³-hybridized carbons (Fsp3) is 0.167. The van der Waals surface area contributed by atoms with Crippen molar-refractivity contribution in [2.45, 2.75) is 0 Å². The lowest BCUT2D eigenvalue weighted by Crippen LogP contribution is -1.95. The number of nitriles is 1. The highest BCUT2D eigenvalue weighted by atomic mass is 16.3. The van der Waals surface area contributed by atoms with Crippen LogP contribution in [0.25, 0.3) is 0 Å². The molecule has 0 radical (unpaired) electrons. The van der Waals surface area contributed by atoms with Crippen molar-refractivity contribution in [2.24, 2.45) is 0 Å². The second-order valence-electron chi connectivity index (χ2n) is 1.49. The number of furan rings is 1. The van der Waals surface area contributed by atoms with Crippen LogP contribution in [0, 0.1) is 11.3 Å². The van der Waals surface area contributed by atoms with Gasteiger partial charge in [0.15, 0.2) is 5.88 Å². The molecule has 1 heterocycles. The number of hydrogen-bond donors (Lipinski definition) is 1. The van der Waals surface area contributed by atoms with Crippen LogP contribution < -0.4 is 5.32 Å². The van der Waals surface area contributed by atoms with E-state index in [4.69, 9.17) is 9.68 Å². The van der Waals surface area contributed by atoms with Crippen molar-refractivity contribution in [1.82, 2.24) is 0 Å². The van der Waals surface area contributed by atoms with Gasteiger partial charge in [0, 0.05) is 6.07 Å². The van der Waals surface area contributed by atoms with Gasteiger partial charge in [0.25, 0.3) is 0 Å². The van der Waals surface area contributed by atoms with E-state index in [1.165, 1.54) is 0 Å². The third-order valence-electron chi connectivity index (χ3n) is 0.863. The van der Waals surface area contributed by atoms with Crippen LogP contribution in [0.15, 0.2) is 22.8 Å². The summed E-state index contributed by atoms with van der Waals surface area (Å²) in [5, 5.41) is 10.9. The van der Waals surface area contributed by atoms with E-state index in [2.05, 4.69) is 5.32 Å². The number of rotatable bonds is 2. The second kappa shape index (κ2) is 2.78. The summed E-state index contributed by atoms with van der Waals surface area (Å²) in [6.45, 7) is 0.285. The quantitative estimate of drug-likeness (QED) is 0.600. The minimum absolute atomic E-state index is 0.285. The van der Waals surface area contributed by atoms with Gasteiger partial charge in [-0.2, -0.15) is 5.26 Å². The SMILES string of the molecule is N#CCNc1ccco1. The Labute approximate surface area is 52.9 Å². The maximum absolute atomic E-state index is 8.11. The molecule has 1 aromatic rings. The van der Waals surface area contributed by atoms with Gasteiger partial charge in [0.1, 0.15) is 6.54 Å². The molecular formula is C6H6N2O. The molecule has 1 aromatic heterocycles. The van der Waals surface area contributed by atoms with E-state index >= 15 is 0 Å². The van der Waals surface area contributed by atoms with Crippen LogP contribution in [0.2, 0.25) is 0 Å². The number of nitrogens with zero attached hydrogens (tertiary/aromatic N) is 1. The van der Waals surface area contributed by atoms with Gasteiger partial charge in [-0.3, -0.25) is 0 Å². The molecule has 0 unspecified atom stereocenters. The average Bonchev–Trinajstić information content (AvgIpc) is 2.34. The van der Waals surface area contributed by atoms with Gasteiger partial charge >= 0.3 is 0 Å². The monoisotopic (exact) mass is 122 g/mol. The zero-order chi connectivity index (χ0) is 6.53. The van der Waals surface area contributed by atoms with Crippen LogP contribution >= 0.6 is 0 Å². The Bertz CT molecular complexity index is 197.